The van der Waals surface area contributed by atoms with E-state index < -0.39 is 18.0 Å². The maximum absolute atomic E-state index is 11.7. The molecule has 0 aliphatic carbocycles. The van der Waals surface area contributed by atoms with Crippen molar-refractivity contribution >= 4 is 29.4 Å². The molecule has 0 fully saturated rings. The minimum atomic E-state index is -0.497. The standard InChI is InChI=1S/C14H20ClN3O4/c1-4-21-11(19)6-10(7-12(20)22-5-2)17-13-9(3)8-16-14(15)18-13/h8,10H,4-7H2,1-3H3,(H,16,17,18). The summed E-state index contributed by atoms with van der Waals surface area (Å²) in [6, 6.07) is -0.497. The van der Waals surface area contributed by atoms with Crippen LogP contribution in [-0.4, -0.2) is 41.2 Å². The molecule has 1 N–H and O–H groups in total. The molecule has 1 aromatic heterocycles. The van der Waals surface area contributed by atoms with Crippen LogP contribution >= 0.6 is 11.6 Å². The van der Waals surface area contributed by atoms with Crippen molar-refractivity contribution in [3.8, 4) is 0 Å². The van der Waals surface area contributed by atoms with Gasteiger partial charge in [0.25, 0.3) is 0 Å². The van der Waals surface area contributed by atoms with Gasteiger partial charge in [0.05, 0.1) is 26.1 Å². The second-order valence-electron chi connectivity index (χ2n) is 4.53. The van der Waals surface area contributed by atoms with Gasteiger partial charge in [0.15, 0.2) is 0 Å². The van der Waals surface area contributed by atoms with E-state index in [2.05, 4.69) is 15.3 Å². The predicted molar refractivity (Wildman–Crippen MR) is 81.7 cm³/mol. The van der Waals surface area contributed by atoms with Gasteiger partial charge in [-0.3, -0.25) is 9.59 Å². The van der Waals surface area contributed by atoms with Crippen molar-refractivity contribution in [1.29, 1.82) is 0 Å². The van der Waals surface area contributed by atoms with Gasteiger partial charge in [-0.05, 0) is 32.4 Å². The molecular formula is C14H20ClN3O4. The lowest BCUT2D eigenvalue weighted by Crippen LogP contribution is -2.29. The zero-order valence-corrected chi connectivity index (χ0v) is 13.6. The first-order chi connectivity index (χ1) is 10.5. The van der Waals surface area contributed by atoms with E-state index >= 15 is 0 Å². The van der Waals surface area contributed by atoms with E-state index in [4.69, 9.17) is 21.1 Å². The number of halogens is 1. The smallest absolute Gasteiger partial charge is 0.307 e. The lowest BCUT2D eigenvalue weighted by molar-refractivity contribution is -0.145. The maximum Gasteiger partial charge on any atom is 0.307 e. The maximum atomic E-state index is 11.7. The Morgan fingerprint density at radius 1 is 1.23 bits per heavy atom. The van der Waals surface area contributed by atoms with Gasteiger partial charge >= 0.3 is 11.9 Å². The van der Waals surface area contributed by atoms with E-state index in [0.717, 1.165) is 5.56 Å². The van der Waals surface area contributed by atoms with E-state index in [-0.39, 0.29) is 31.3 Å². The van der Waals surface area contributed by atoms with Crippen LogP contribution in [0.25, 0.3) is 0 Å². The minimum absolute atomic E-state index is 0.0215. The number of hydrogen-bond donors (Lipinski definition) is 1. The Morgan fingerprint density at radius 2 is 1.77 bits per heavy atom. The van der Waals surface area contributed by atoms with Crippen LogP contribution in [0.5, 0.6) is 0 Å². The van der Waals surface area contributed by atoms with Crippen molar-refractivity contribution in [1.82, 2.24) is 9.97 Å². The number of aromatic nitrogens is 2. The summed E-state index contributed by atoms with van der Waals surface area (Å²) >= 11 is 5.77. The van der Waals surface area contributed by atoms with Crippen molar-refractivity contribution in [3.63, 3.8) is 0 Å². The van der Waals surface area contributed by atoms with Crippen LogP contribution < -0.4 is 5.32 Å². The highest BCUT2D eigenvalue weighted by molar-refractivity contribution is 6.28. The molecule has 0 spiro atoms. The van der Waals surface area contributed by atoms with Crippen LogP contribution in [0.2, 0.25) is 5.28 Å². The number of nitrogens with zero attached hydrogens (tertiary/aromatic N) is 2. The average molecular weight is 330 g/mol. The molecule has 1 rings (SSSR count). The first-order valence-corrected chi connectivity index (χ1v) is 7.40. The first kappa shape index (κ1) is 18.2. The molecular weight excluding hydrogens is 310 g/mol. The SMILES string of the molecule is CCOC(=O)CC(CC(=O)OCC)Nc1nc(Cl)ncc1C. The van der Waals surface area contributed by atoms with Gasteiger partial charge in [0.2, 0.25) is 5.28 Å². The summed E-state index contributed by atoms with van der Waals surface area (Å²) < 4.78 is 9.83. The third kappa shape index (κ3) is 6.26. The van der Waals surface area contributed by atoms with E-state index in [1.54, 1.807) is 27.0 Å². The minimum Gasteiger partial charge on any atom is -0.466 e. The van der Waals surface area contributed by atoms with Gasteiger partial charge in [-0.2, -0.15) is 0 Å². The highest BCUT2D eigenvalue weighted by atomic mass is 35.5. The fourth-order valence-corrected chi connectivity index (χ4v) is 1.91. The quantitative estimate of drug-likeness (QED) is 0.577. The van der Waals surface area contributed by atoms with Crippen LogP contribution in [0.1, 0.15) is 32.3 Å². The van der Waals surface area contributed by atoms with Crippen molar-refractivity contribution in [2.24, 2.45) is 0 Å². The van der Waals surface area contributed by atoms with E-state index in [9.17, 15) is 9.59 Å². The van der Waals surface area contributed by atoms with Crippen molar-refractivity contribution in [2.45, 2.75) is 39.7 Å². The van der Waals surface area contributed by atoms with Crippen molar-refractivity contribution < 1.29 is 19.1 Å². The van der Waals surface area contributed by atoms with Gasteiger partial charge in [-0.25, -0.2) is 9.97 Å². The molecule has 0 radical (unpaired) electrons. The zero-order chi connectivity index (χ0) is 16.5. The molecule has 0 saturated heterocycles. The van der Waals surface area contributed by atoms with Crippen LogP contribution in [0.4, 0.5) is 5.82 Å². The lowest BCUT2D eigenvalue weighted by Gasteiger charge is -2.19. The van der Waals surface area contributed by atoms with Crippen LogP contribution in [0.15, 0.2) is 6.20 Å². The Morgan fingerprint density at radius 3 is 2.27 bits per heavy atom. The number of nitrogens with one attached hydrogen (secondary N) is 1. The molecule has 0 amide bonds. The molecule has 8 heteroatoms. The molecule has 0 unspecified atom stereocenters. The normalized spacial score (nSPS) is 10.4. The summed E-state index contributed by atoms with van der Waals surface area (Å²) in [4.78, 5) is 31.2. The van der Waals surface area contributed by atoms with Crippen molar-refractivity contribution in [2.75, 3.05) is 18.5 Å². The van der Waals surface area contributed by atoms with Gasteiger partial charge in [0, 0.05) is 17.8 Å². The molecule has 0 aliphatic heterocycles. The molecule has 7 nitrogen and oxygen atoms in total. The number of aryl methyl sites for hydroxylation is 1. The van der Waals surface area contributed by atoms with Crippen LogP contribution in [0, 0.1) is 6.92 Å². The summed E-state index contributed by atoms with van der Waals surface area (Å²) in [6.07, 6.45) is 1.60. The summed E-state index contributed by atoms with van der Waals surface area (Å²) in [5, 5.41) is 3.11. The molecule has 1 aromatic rings. The summed E-state index contributed by atoms with van der Waals surface area (Å²) in [6.45, 7) is 5.80. The Balaban J connectivity index is 2.81. The second-order valence-corrected chi connectivity index (χ2v) is 4.87. The monoisotopic (exact) mass is 329 g/mol. The highest BCUT2D eigenvalue weighted by Gasteiger charge is 2.20. The molecule has 1 heterocycles. The van der Waals surface area contributed by atoms with Crippen LogP contribution in [-0.2, 0) is 19.1 Å². The summed E-state index contributed by atoms with van der Waals surface area (Å²) in [5.74, 6) is -0.331. The highest BCUT2D eigenvalue weighted by Crippen LogP contribution is 2.16. The fourth-order valence-electron chi connectivity index (χ4n) is 1.78. The topological polar surface area (TPSA) is 90.4 Å². The number of ether oxygens (including phenoxy) is 2. The van der Waals surface area contributed by atoms with Gasteiger partial charge < -0.3 is 14.8 Å². The largest absolute Gasteiger partial charge is 0.466 e. The Bertz CT molecular complexity index is 505. The van der Waals surface area contributed by atoms with Crippen LogP contribution in [0.3, 0.4) is 0 Å². The lowest BCUT2D eigenvalue weighted by atomic mass is 10.1. The Kier molecular flexibility index (Phi) is 7.59. The third-order valence-electron chi connectivity index (χ3n) is 2.72. The Hall–Kier alpha value is -1.89. The Labute approximate surface area is 134 Å². The fraction of sp³-hybridized carbons (Fsp3) is 0.571. The van der Waals surface area contributed by atoms with Gasteiger partial charge in [-0.1, -0.05) is 0 Å². The van der Waals surface area contributed by atoms with E-state index in [1.807, 2.05) is 0 Å². The molecule has 0 aromatic carbocycles. The number of carbonyl (C=O) groups is 2. The van der Waals surface area contributed by atoms with E-state index in [1.165, 1.54) is 0 Å². The average Bonchev–Trinajstić information content (AvgIpc) is 2.43. The van der Waals surface area contributed by atoms with E-state index in [0.29, 0.717) is 5.82 Å². The molecule has 0 bridgehead atoms. The molecule has 0 aliphatic rings. The molecule has 0 atom stereocenters. The third-order valence-corrected chi connectivity index (χ3v) is 2.90. The molecule has 0 saturated carbocycles. The second kappa shape index (κ2) is 9.19. The summed E-state index contributed by atoms with van der Waals surface area (Å²) in [7, 11) is 0. The number of carbonyl (C=O) groups excluding carboxylic acids is 2. The summed E-state index contributed by atoms with van der Waals surface area (Å²) in [5.41, 5.74) is 0.752. The number of rotatable bonds is 8. The molecule has 22 heavy (non-hydrogen) atoms. The van der Waals surface area contributed by atoms with Crippen molar-refractivity contribution in [3.05, 3.63) is 17.0 Å². The number of hydrogen-bond acceptors (Lipinski definition) is 7. The van der Waals surface area contributed by atoms with Gasteiger partial charge in [0.1, 0.15) is 5.82 Å². The van der Waals surface area contributed by atoms with Gasteiger partial charge in [-0.15, -0.1) is 0 Å². The first-order valence-electron chi connectivity index (χ1n) is 7.03. The zero-order valence-electron chi connectivity index (χ0n) is 12.9. The predicted octanol–water partition coefficient (Wildman–Crippen LogP) is 2.13. The molecule has 122 valence electrons. The number of anilines is 1. The number of esters is 2.